The first-order valence-electron chi connectivity index (χ1n) is 6.23. The maximum absolute atomic E-state index is 13.4. The minimum Gasteiger partial charge on any atom is -0.310 e. The molecule has 3 nitrogen and oxygen atoms in total. The van der Waals surface area contributed by atoms with Crippen LogP contribution in [-0.2, 0) is 13.6 Å². The molecule has 0 atom stereocenters. The fourth-order valence-electron chi connectivity index (χ4n) is 2.07. The summed E-state index contributed by atoms with van der Waals surface area (Å²) in [7, 11) is 1.87. The van der Waals surface area contributed by atoms with E-state index in [-0.39, 0.29) is 5.82 Å². The minimum atomic E-state index is -0.205. The third-order valence-electron chi connectivity index (χ3n) is 3.25. The van der Waals surface area contributed by atoms with E-state index in [0.717, 1.165) is 23.2 Å². The highest BCUT2D eigenvalue weighted by Crippen LogP contribution is 2.26. The van der Waals surface area contributed by atoms with Gasteiger partial charge in [0.2, 0.25) is 0 Å². The van der Waals surface area contributed by atoms with Gasteiger partial charge in [-0.1, -0.05) is 6.07 Å². The van der Waals surface area contributed by atoms with Crippen LogP contribution in [0.15, 0.2) is 30.6 Å². The summed E-state index contributed by atoms with van der Waals surface area (Å²) in [4.78, 5) is 0. The minimum absolute atomic E-state index is 0.205. The van der Waals surface area contributed by atoms with E-state index < -0.39 is 0 Å². The first kappa shape index (κ1) is 11.4. The predicted molar refractivity (Wildman–Crippen MR) is 68.5 cm³/mol. The third kappa shape index (κ3) is 2.43. The molecule has 0 saturated heterocycles. The summed E-state index contributed by atoms with van der Waals surface area (Å²) in [5.41, 5.74) is 3.01. The van der Waals surface area contributed by atoms with E-state index >= 15 is 0 Å². The highest BCUT2D eigenvalue weighted by atomic mass is 19.1. The van der Waals surface area contributed by atoms with Crippen LogP contribution in [-0.4, -0.2) is 15.8 Å². The normalized spacial score (nSPS) is 15.0. The van der Waals surface area contributed by atoms with Crippen molar-refractivity contribution in [2.45, 2.75) is 25.4 Å². The molecule has 0 radical (unpaired) electrons. The second kappa shape index (κ2) is 4.53. The van der Waals surface area contributed by atoms with E-state index in [9.17, 15) is 4.39 Å². The van der Waals surface area contributed by atoms with Gasteiger partial charge < -0.3 is 5.32 Å². The molecule has 1 aliphatic rings. The molecule has 0 spiro atoms. The molecule has 0 aliphatic heterocycles. The molecule has 1 N–H and O–H groups in total. The lowest BCUT2D eigenvalue weighted by Gasteiger charge is -2.09. The van der Waals surface area contributed by atoms with E-state index in [1.54, 1.807) is 16.9 Å². The van der Waals surface area contributed by atoms with Crippen molar-refractivity contribution >= 4 is 0 Å². The van der Waals surface area contributed by atoms with Crippen LogP contribution in [0.2, 0.25) is 0 Å². The van der Waals surface area contributed by atoms with Crippen molar-refractivity contribution < 1.29 is 4.39 Å². The Balaban J connectivity index is 1.91. The Morgan fingerprint density at radius 2 is 2.28 bits per heavy atom. The first-order valence-corrected chi connectivity index (χ1v) is 6.23. The number of aryl methyl sites for hydroxylation is 1. The summed E-state index contributed by atoms with van der Waals surface area (Å²) in [6.45, 7) is 0.787. The highest BCUT2D eigenvalue weighted by Gasteiger charge is 2.20. The zero-order chi connectivity index (χ0) is 12.5. The molecule has 94 valence electrons. The predicted octanol–water partition coefficient (Wildman–Crippen LogP) is 2.48. The molecular weight excluding hydrogens is 229 g/mol. The monoisotopic (exact) mass is 245 g/mol. The van der Waals surface area contributed by atoms with Crippen LogP contribution in [0.4, 0.5) is 4.39 Å². The number of aromatic nitrogens is 2. The van der Waals surface area contributed by atoms with Gasteiger partial charge in [0.05, 0.1) is 6.20 Å². The van der Waals surface area contributed by atoms with Crippen LogP contribution >= 0.6 is 0 Å². The molecule has 18 heavy (non-hydrogen) atoms. The van der Waals surface area contributed by atoms with Crippen molar-refractivity contribution in [1.29, 1.82) is 0 Å². The van der Waals surface area contributed by atoms with Gasteiger partial charge in [-0.15, -0.1) is 0 Å². The Morgan fingerprint density at radius 1 is 1.44 bits per heavy atom. The average molecular weight is 245 g/mol. The summed E-state index contributed by atoms with van der Waals surface area (Å²) in [6.07, 6.45) is 6.19. The van der Waals surface area contributed by atoms with Crippen molar-refractivity contribution in [3.63, 3.8) is 0 Å². The van der Waals surface area contributed by atoms with Crippen molar-refractivity contribution in [2.24, 2.45) is 7.05 Å². The van der Waals surface area contributed by atoms with Gasteiger partial charge in [0.1, 0.15) is 5.82 Å². The van der Waals surface area contributed by atoms with Gasteiger partial charge in [-0.3, -0.25) is 4.68 Å². The number of nitrogens with zero attached hydrogens (tertiary/aromatic N) is 2. The Hall–Kier alpha value is -1.68. The van der Waals surface area contributed by atoms with Crippen molar-refractivity contribution in [2.75, 3.05) is 0 Å². The summed E-state index contributed by atoms with van der Waals surface area (Å²) < 4.78 is 15.1. The number of rotatable bonds is 4. The Morgan fingerprint density at radius 3 is 2.94 bits per heavy atom. The second-order valence-electron chi connectivity index (χ2n) is 4.86. The molecule has 2 aromatic rings. The first-order chi connectivity index (χ1) is 8.72. The quantitative estimate of drug-likeness (QED) is 0.896. The maximum atomic E-state index is 13.4. The molecule has 1 fully saturated rings. The second-order valence-corrected chi connectivity index (χ2v) is 4.86. The molecule has 0 bridgehead atoms. The van der Waals surface area contributed by atoms with Gasteiger partial charge in [-0.25, -0.2) is 4.39 Å². The molecule has 1 aliphatic carbocycles. The van der Waals surface area contributed by atoms with Gasteiger partial charge >= 0.3 is 0 Å². The van der Waals surface area contributed by atoms with E-state index in [0.29, 0.717) is 6.04 Å². The molecule has 1 aromatic heterocycles. The van der Waals surface area contributed by atoms with Crippen LogP contribution in [0.1, 0.15) is 18.4 Å². The summed E-state index contributed by atoms with van der Waals surface area (Å²) in [5.74, 6) is -0.205. The van der Waals surface area contributed by atoms with Gasteiger partial charge in [-0.2, -0.15) is 5.10 Å². The lowest BCUT2D eigenvalue weighted by molar-refractivity contribution is 0.625. The van der Waals surface area contributed by atoms with Gasteiger partial charge in [0, 0.05) is 31.4 Å². The lowest BCUT2D eigenvalue weighted by Crippen LogP contribution is -2.15. The van der Waals surface area contributed by atoms with Crippen LogP contribution in [0, 0.1) is 5.82 Å². The zero-order valence-corrected chi connectivity index (χ0v) is 10.4. The molecule has 1 aromatic carbocycles. The number of hydrogen-bond donors (Lipinski definition) is 1. The zero-order valence-electron chi connectivity index (χ0n) is 10.4. The van der Waals surface area contributed by atoms with E-state index in [2.05, 4.69) is 10.4 Å². The van der Waals surface area contributed by atoms with Gasteiger partial charge in [0.15, 0.2) is 0 Å². The van der Waals surface area contributed by atoms with Crippen LogP contribution in [0.25, 0.3) is 11.1 Å². The fourth-order valence-corrected chi connectivity index (χ4v) is 2.07. The van der Waals surface area contributed by atoms with E-state index in [1.165, 1.54) is 18.9 Å². The van der Waals surface area contributed by atoms with Crippen LogP contribution in [0.3, 0.4) is 0 Å². The summed E-state index contributed by atoms with van der Waals surface area (Å²) >= 11 is 0. The Labute approximate surface area is 106 Å². The van der Waals surface area contributed by atoms with Crippen molar-refractivity contribution in [1.82, 2.24) is 15.1 Å². The fraction of sp³-hybridized carbons (Fsp3) is 0.357. The summed E-state index contributed by atoms with van der Waals surface area (Å²) in [6, 6.07) is 5.61. The SMILES string of the molecule is Cn1cc(-c2cc(F)ccc2CNC2CC2)cn1. The molecule has 1 saturated carbocycles. The highest BCUT2D eigenvalue weighted by molar-refractivity contribution is 5.66. The maximum Gasteiger partial charge on any atom is 0.123 e. The number of halogens is 1. The smallest absolute Gasteiger partial charge is 0.123 e. The standard InChI is InChI=1S/C14H16FN3/c1-18-9-11(8-17-18)14-6-12(15)3-2-10(14)7-16-13-4-5-13/h2-3,6,8-9,13,16H,4-5,7H2,1H3. The lowest BCUT2D eigenvalue weighted by atomic mass is 10.0. The van der Waals surface area contributed by atoms with Gasteiger partial charge in [0.25, 0.3) is 0 Å². The van der Waals surface area contributed by atoms with E-state index in [1.807, 2.05) is 19.3 Å². The van der Waals surface area contributed by atoms with Gasteiger partial charge in [-0.05, 0) is 36.1 Å². The Kier molecular flexibility index (Phi) is 2.88. The molecular formula is C14H16FN3. The van der Waals surface area contributed by atoms with Crippen LogP contribution in [0.5, 0.6) is 0 Å². The van der Waals surface area contributed by atoms with E-state index in [4.69, 9.17) is 0 Å². The number of benzene rings is 1. The topological polar surface area (TPSA) is 29.9 Å². The largest absolute Gasteiger partial charge is 0.310 e. The third-order valence-corrected chi connectivity index (χ3v) is 3.25. The number of nitrogens with one attached hydrogen (secondary N) is 1. The molecule has 1 heterocycles. The molecule has 4 heteroatoms. The summed E-state index contributed by atoms with van der Waals surface area (Å²) in [5, 5.41) is 7.60. The average Bonchev–Trinajstić information content (AvgIpc) is 3.09. The Bertz CT molecular complexity index is 558. The van der Waals surface area contributed by atoms with Crippen molar-refractivity contribution in [3.8, 4) is 11.1 Å². The number of hydrogen-bond acceptors (Lipinski definition) is 2. The van der Waals surface area contributed by atoms with Crippen molar-refractivity contribution in [3.05, 3.63) is 42.0 Å². The molecule has 3 rings (SSSR count). The molecule has 0 unspecified atom stereocenters. The molecule has 0 amide bonds. The van der Waals surface area contributed by atoms with Crippen LogP contribution < -0.4 is 5.32 Å².